The summed E-state index contributed by atoms with van der Waals surface area (Å²) in [6.45, 7) is 6.02. The Balaban J connectivity index is 1.17. The van der Waals surface area contributed by atoms with E-state index in [1.165, 1.54) is 28.0 Å². The lowest BCUT2D eigenvalue weighted by Crippen LogP contribution is -2.47. The van der Waals surface area contributed by atoms with Gasteiger partial charge in [0.1, 0.15) is 4.70 Å². The Kier molecular flexibility index (Phi) is 5.78. The SMILES string of the molecule is CC(=O)N1CCN(Cc2ccc3c(c2)CC[C@H](n2cnc4cc(-c5ccoc5)sc4c2=O)C3)CC1. The van der Waals surface area contributed by atoms with Crippen molar-refractivity contribution in [1.29, 1.82) is 0 Å². The number of fused-ring (bicyclic) bond motifs is 2. The Bertz CT molecular complexity index is 1430. The molecule has 1 amide bonds. The smallest absolute Gasteiger partial charge is 0.271 e. The molecule has 6 rings (SSSR count). The van der Waals surface area contributed by atoms with Crippen molar-refractivity contribution in [2.45, 2.75) is 38.8 Å². The minimum Gasteiger partial charge on any atom is -0.472 e. The van der Waals surface area contributed by atoms with Gasteiger partial charge in [0.2, 0.25) is 5.91 Å². The van der Waals surface area contributed by atoms with E-state index in [0.717, 1.165) is 67.9 Å². The Morgan fingerprint density at radius 1 is 1.14 bits per heavy atom. The molecule has 1 aromatic carbocycles. The first-order valence-electron chi connectivity index (χ1n) is 12.2. The van der Waals surface area contributed by atoms with E-state index < -0.39 is 0 Å². The average molecular weight is 489 g/mol. The molecule has 35 heavy (non-hydrogen) atoms. The number of piperazine rings is 1. The van der Waals surface area contributed by atoms with Crippen molar-refractivity contribution in [2.75, 3.05) is 26.2 Å². The monoisotopic (exact) mass is 488 g/mol. The molecular formula is C27H28N4O3S. The lowest BCUT2D eigenvalue weighted by molar-refractivity contribution is -0.130. The van der Waals surface area contributed by atoms with Crippen LogP contribution in [0.25, 0.3) is 20.7 Å². The van der Waals surface area contributed by atoms with Gasteiger partial charge in [-0.2, -0.15) is 0 Å². The van der Waals surface area contributed by atoms with Crippen molar-refractivity contribution in [2.24, 2.45) is 0 Å². The fourth-order valence-corrected chi connectivity index (χ4v) is 6.37. The first kappa shape index (κ1) is 22.2. The molecule has 4 aromatic rings. The van der Waals surface area contributed by atoms with Crippen LogP contribution in [0.2, 0.25) is 0 Å². The molecule has 8 heteroatoms. The molecule has 0 unspecified atom stereocenters. The number of nitrogens with zero attached hydrogens (tertiary/aromatic N) is 4. The molecule has 1 aliphatic heterocycles. The summed E-state index contributed by atoms with van der Waals surface area (Å²) in [7, 11) is 0. The van der Waals surface area contributed by atoms with Crippen molar-refractivity contribution in [3.63, 3.8) is 0 Å². The number of furan rings is 1. The number of aromatic nitrogens is 2. The van der Waals surface area contributed by atoms with Crippen LogP contribution in [0.15, 0.2) is 58.4 Å². The predicted molar refractivity (Wildman–Crippen MR) is 137 cm³/mol. The molecule has 0 radical (unpaired) electrons. The van der Waals surface area contributed by atoms with E-state index in [4.69, 9.17) is 4.42 Å². The number of carbonyl (C=O) groups excluding carboxylic acids is 1. The maximum Gasteiger partial charge on any atom is 0.271 e. The maximum atomic E-state index is 13.3. The van der Waals surface area contributed by atoms with Crippen LogP contribution in [-0.2, 0) is 24.2 Å². The second-order valence-corrected chi connectivity index (χ2v) is 10.6. The molecule has 0 N–H and O–H groups in total. The van der Waals surface area contributed by atoms with Gasteiger partial charge in [-0.25, -0.2) is 4.98 Å². The molecule has 1 fully saturated rings. The molecule has 0 bridgehead atoms. The predicted octanol–water partition coefficient (Wildman–Crippen LogP) is 4.11. The molecule has 0 saturated carbocycles. The highest BCUT2D eigenvalue weighted by molar-refractivity contribution is 7.22. The second-order valence-electron chi connectivity index (χ2n) is 9.58. The fraction of sp³-hybridized carbons (Fsp3) is 0.370. The number of hydrogen-bond acceptors (Lipinski definition) is 6. The molecule has 1 aliphatic carbocycles. The first-order chi connectivity index (χ1) is 17.0. The van der Waals surface area contributed by atoms with Crippen LogP contribution in [0.1, 0.15) is 36.1 Å². The number of rotatable bonds is 4. The molecule has 0 spiro atoms. The van der Waals surface area contributed by atoms with E-state index in [0.29, 0.717) is 4.70 Å². The van der Waals surface area contributed by atoms with Gasteiger partial charge in [0.05, 0.1) is 24.4 Å². The van der Waals surface area contributed by atoms with Gasteiger partial charge < -0.3 is 9.32 Å². The van der Waals surface area contributed by atoms with Crippen LogP contribution in [-0.4, -0.2) is 51.4 Å². The minimum atomic E-state index is 0.0459. The molecule has 180 valence electrons. The Morgan fingerprint density at radius 3 is 2.77 bits per heavy atom. The quantitative estimate of drug-likeness (QED) is 0.432. The topological polar surface area (TPSA) is 71.6 Å². The number of aryl methyl sites for hydroxylation is 1. The zero-order chi connectivity index (χ0) is 23.9. The minimum absolute atomic E-state index is 0.0459. The van der Waals surface area contributed by atoms with E-state index in [1.807, 2.05) is 21.6 Å². The summed E-state index contributed by atoms with van der Waals surface area (Å²) in [6.07, 6.45) is 7.80. The maximum absolute atomic E-state index is 13.3. The van der Waals surface area contributed by atoms with Crippen molar-refractivity contribution in [3.05, 3.63) is 76.2 Å². The fourth-order valence-electron chi connectivity index (χ4n) is 5.34. The third-order valence-electron chi connectivity index (χ3n) is 7.36. The molecule has 7 nitrogen and oxygen atoms in total. The number of amides is 1. The summed E-state index contributed by atoms with van der Waals surface area (Å²) in [5.41, 5.74) is 5.80. The van der Waals surface area contributed by atoms with E-state index >= 15 is 0 Å². The number of hydrogen-bond donors (Lipinski definition) is 0. The van der Waals surface area contributed by atoms with Gasteiger partial charge in [0.25, 0.3) is 5.56 Å². The molecule has 3 aromatic heterocycles. The summed E-state index contributed by atoms with van der Waals surface area (Å²) in [6, 6.07) is 10.8. The summed E-state index contributed by atoms with van der Waals surface area (Å²) >= 11 is 1.48. The van der Waals surface area contributed by atoms with Gasteiger partial charge in [-0.3, -0.25) is 19.1 Å². The lowest BCUT2D eigenvalue weighted by atomic mass is 9.87. The molecule has 1 atom stereocenters. The summed E-state index contributed by atoms with van der Waals surface area (Å²) in [5.74, 6) is 0.166. The van der Waals surface area contributed by atoms with E-state index in [-0.39, 0.29) is 17.5 Å². The van der Waals surface area contributed by atoms with Crippen molar-refractivity contribution in [1.82, 2.24) is 19.4 Å². The van der Waals surface area contributed by atoms with E-state index in [2.05, 4.69) is 28.1 Å². The van der Waals surface area contributed by atoms with Crippen molar-refractivity contribution < 1.29 is 9.21 Å². The van der Waals surface area contributed by atoms with Crippen LogP contribution in [0.4, 0.5) is 0 Å². The largest absolute Gasteiger partial charge is 0.472 e. The average Bonchev–Trinajstić information content (AvgIpc) is 3.55. The van der Waals surface area contributed by atoms with Crippen LogP contribution < -0.4 is 5.56 Å². The molecular weight excluding hydrogens is 460 g/mol. The second kappa shape index (κ2) is 9.09. The Morgan fingerprint density at radius 2 is 2.00 bits per heavy atom. The van der Waals surface area contributed by atoms with Crippen molar-refractivity contribution >= 4 is 27.5 Å². The van der Waals surface area contributed by atoms with E-state index in [9.17, 15) is 9.59 Å². The Hall–Kier alpha value is -3.23. The van der Waals surface area contributed by atoms with Gasteiger partial charge in [-0.05, 0) is 48.1 Å². The normalized spacial score (nSPS) is 18.7. The van der Waals surface area contributed by atoms with E-state index in [1.54, 1.807) is 25.8 Å². The molecule has 4 heterocycles. The Labute approximate surface area is 207 Å². The highest BCUT2D eigenvalue weighted by Crippen LogP contribution is 2.33. The number of thiophene rings is 1. The van der Waals surface area contributed by atoms with Crippen LogP contribution in [0.5, 0.6) is 0 Å². The highest BCUT2D eigenvalue weighted by atomic mass is 32.1. The van der Waals surface area contributed by atoms with Gasteiger partial charge in [0.15, 0.2) is 0 Å². The van der Waals surface area contributed by atoms with Crippen LogP contribution in [0, 0.1) is 0 Å². The zero-order valence-electron chi connectivity index (χ0n) is 19.8. The molecule has 2 aliphatic rings. The number of carbonyl (C=O) groups is 1. The third kappa shape index (κ3) is 4.32. The molecule has 1 saturated heterocycles. The summed E-state index contributed by atoms with van der Waals surface area (Å²) in [5, 5.41) is 0. The van der Waals surface area contributed by atoms with Gasteiger partial charge in [-0.15, -0.1) is 11.3 Å². The van der Waals surface area contributed by atoms with Crippen LogP contribution >= 0.6 is 11.3 Å². The third-order valence-corrected chi connectivity index (χ3v) is 8.52. The van der Waals surface area contributed by atoms with Gasteiger partial charge >= 0.3 is 0 Å². The van der Waals surface area contributed by atoms with Crippen molar-refractivity contribution in [3.8, 4) is 10.4 Å². The summed E-state index contributed by atoms with van der Waals surface area (Å²) < 4.78 is 7.74. The first-order valence-corrected chi connectivity index (χ1v) is 13.0. The number of benzene rings is 1. The van der Waals surface area contributed by atoms with Gasteiger partial charge in [-0.1, -0.05) is 18.2 Å². The standard InChI is InChI=1S/C27H28N4O3S/c1-18(32)30-9-7-29(8-10-30)15-19-2-3-21-13-23(5-4-20(21)12-19)31-17-28-24-14-25(22-6-11-34-16-22)35-26(24)27(31)33/h2-3,6,11-12,14,16-17,23H,4-5,7-10,13,15H2,1H3/t23-/m0/s1. The van der Waals surface area contributed by atoms with Gasteiger partial charge in [0, 0.05) is 56.1 Å². The van der Waals surface area contributed by atoms with Crippen LogP contribution in [0.3, 0.4) is 0 Å². The zero-order valence-corrected chi connectivity index (χ0v) is 20.6. The highest BCUT2D eigenvalue weighted by Gasteiger charge is 2.24. The lowest BCUT2D eigenvalue weighted by Gasteiger charge is -2.34. The summed E-state index contributed by atoms with van der Waals surface area (Å²) in [4.78, 5) is 34.9.